The molecule has 0 aliphatic rings. The first-order valence-corrected chi connectivity index (χ1v) is 6.00. The zero-order valence-electron chi connectivity index (χ0n) is 10.4. The van der Waals surface area contributed by atoms with Gasteiger partial charge in [0.2, 0.25) is 0 Å². The van der Waals surface area contributed by atoms with Crippen LogP contribution in [0, 0.1) is 0 Å². The molecule has 0 saturated heterocycles. The van der Waals surface area contributed by atoms with E-state index in [4.69, 9.17) is 5.11 Å². The highest BCUT2D eigenvalue weighted by Gasteiger charge is 2.15. The fourth-order valence-corrected chi connectivity index (χ4v) is 1.77. The van der Waals surface area contributed by atoms with Crippen molar-refractivity contribution < 1.29 is 9.90 Å². The Labute approximate surface area is 111 Å². The number of amides is 1. The maximum atomic E-state index is 12.3. The number of nitrogens with zero attached hydrogens (tertiary/aromatic N) is 3. The van der Waals surface area contributed by atoms with E-state index in [1.165, 1.54) is 18.7 Å². The van der Waals surface area contributed by atoms with Crippen LogP contribution in [0.25, 0.3) is 0 Å². The minimum Gasteiger partial charge on any atom is -0.395 e. The molecule has 0 spiro atoms. The number of aliphatic hydroxyl groups excluding tert-OH is 1. The normalized spacial score (nSPS) is 10.2. The van der Waals surface area contributed by atoms with Crippen molar-refractivity contribution in [2.24, 2.45) is 0 Å². The molecule has 1 aromatic heterocycles. The van der Waals surface area contributed by atoms with Crippen molar-refractivity contribution in [2.75, 3.05) is 13.2 Å². The van der Waals surface area contributed by atoms with Gasteiger partial charge in [0.25, 0.3) is 5.91 Å². The summed E-state index contributed by atoms with van der Waals surface area (Å²) in [5.41, 5.74) is 1.44. The summed E-state index contributed by atoms with van der Waals surface area (Å²) < 4.78 is 0. The molecule has 2 aromatic rings. The smallest absolute Gasteiger partial charge is 0.257 e. The molecule has 98 valence electrons. The molecule has 5 nitrogen and oxygen atoms in total. The molecular formula is C14H15N3O2. The summed E-state index contributed by atoms with van der Waals surface area (Å²) in [5.74, 6) is -0.182. The molecule has 0 aliphatic heterocycles. The highest BCUT2D eigenvalue weighted by Crippen LogP contribution is 2.08. The third-order valence-corrected chi connectivity index (χ3v) is 2.68. The van der Waals surface area contributed by atoms with Gasteiger partial charge in [-0.25, -0.2) is 9.97 Å². The Morgan fingerprint density at radius 1 is 1.16 bits per heavy atom. The third-order valence-electron chi connectivity index (χ3n) is 2.68. The second-order valence-electron chi connectivity index (χ2n) is 4.06. The van der Waals surface area contributed by atoms with Gasteiger partial charge in [-0.2, -0.15) is 0 Å². The quantitative estimate of drug-likeness (QED) is 0.871. The van der Waals surface area contributed by atoms with Crippen LogP contribution in [0.2, 0.25) is 0 Å². The average molecular weight is 257 g/mol. The van der Waals surface area contributed by atoms with Gasteiger partial charge in [-0.1, -0.05) is 30.3 Å². The van der Waals surface area contributed by atoms with Crippen molar-refractivity contribution in [3.63, 3.8) is 0 Å². The second-order valence-corrected chi connectivity index (χ2v) is 4.06. The number of carbonyl (C=O) groups is 1. The van der Waals surface area contributed by atoms with Crippen molar-refractivity contribution in [1.29, 1.82) is 0 Å². The molecule has 0 aliphatic carbocycles. The lowest BCUT2D eigenvalue weighted by molar-refractivity contribution is 0.0707. The molecular weight excluding hydrogens is 242 g/mol. The molecule has 2 rings (SSSR count). The SMILES string of the molecule is O=C(c1cncnc1)N(CCO)Cc1ccccc1. The van der Waals surface area contributed by atoms with Gasteiger partial charge in [-0.3, -0.25) is 4.79 Å². The predicted molar refractivity (Wildman–Crippen MR) is 70.3 cm³/mol. The third kappa shape index (κ3) is 3.59. The number of hydrogen-bond donors (Lipinski definition) is 1. The molecule has 0 saturated carbocycles. The van der Waals surface area contributed by atoms with E-state index in [0.29, 0.717) is 12.1 Å². The molecule has 1 amide bonds. The van der Waals surface area contributed by atoms with E-state index in [1.54, 1.807) is 4.90 Å². The van der Waals surface area contributed by atoms with E-state index in [-0.39, 0.29) is 19.1 Å². The van der Waals surface area contributed by atoms with Gasteiger partial charge in [0.15, 0.2) is 0 Å². The largest absolute Gasteiger partial charge is 0.395 e. The van der Waals surface area contributed by atoms with Gasteiger partial charge >= 0.3 is 0 Å². The summed E-state index contributed by atoms with van der Waals surface area (Å²) in [6, 6.07) is 9.65. The van der Waals surface area contributed by atoms with Crippen LogP contribution in [0.3, 0.4) is 0 Å². The van der Waals surface area contributed by atoms with E-state index < -0.39 is 0 Å². The van der Waals surface area contributed by atoms with Crippen LogP contribution in [0.5, 0.6) is 0 Å². The van der Waals surface area contributed by atoms with Crippen molar-refractivity contribution >= 4 is 5.91 Å². The van der Waals surface area contributed by atoms with Gasteiger partial charge in [-0.15, -0.1) is 0 Å². The number of hydrogen-bond acceptors (Lipinski definition) is 4. The van der Waals surface area contributed by atoms with Gasteiger partial charge in [0.05, 0.1) is 12.2 Å². The van der Waals surface area contributed by atoms with Gasteiger partial charge in [0, 0.05) is 25.5 Å². The lowest BCUT2D eigenvalue weighted by Crippen LogP contribution is -2.33. The van der Waals surface area contributed by atoms with Gasteiger partial charge in [0.1, 0.15) is 6.33 Å². The van der Waals surface area contributed by atoms with Crippen molar-refractivity contribution in [3.8, 4) is 0 Å². The average Bonchev–Trinajstić information content (AvgIpc) is 2.48. The Morgan fingerprint density at radius 2 is 1.84 bits per heavy atom. The first kappa shape index (κ1) is 13.2. The van der Waals surface area contributed by atoms with E-state index >= 15 is 0 Å². The number of aromatic nitrogens is 2. The Balaban J connectivity index is 2.14. The summed E-state index contributed by atoms with van der Waals surface area (Å²) in [6.07, 6.45) is 4.33. The Hall–Kier alpha value is -2.27. The van der Waals surface area contributed by atoms with Gasteiger partial charge < -0.3 is 10.0 Å². The summed E-state index contributed by atoms with van der Waals surface area (Å²) in [4.78, 5) is 21.5. The van der Waals surface area contributed by atoms with E-state index in [1.807, 2.05) is 30.3 Å². The van der Waals surface area contributed by atoms with Crippen molar-refractivity contribution in [1.82, 2.24) is 14.9 Å². The summed E-state index contributed by atoms with van der Waals surface area (Å²) >= 11 is 0. The first-order chi connectivity index (χ1) is 9.31. The number of rotatable bonds is 5. The minimum absolute atomic E-state index is 0.0771. The maximum absolute atomic E-state index is 12.3. The fourth-order valence-electron chi connectivity index (χ4n) is 1.77. The summed E-state index contributed by atoms with van der Waals surface area (Å²) in [5, 5.41) is 9.09. The Morgan fingerprint density at radius 3 is 2.47 bits per heavy atom. The number of benzene rings is 1. The second kappa shape index (κ2) is 6.61. The molecule has 1 aromatic carbocycles. The highest BCUT2D eigenvalue weighted by molar-refractivity contribution is 5.93. The monoisotopic (exact) mass is 257 g/mol. The zero-order chi connectivity index (χ0) is 13.5. The van der Waals surface area contributed by atoms with Crippen molar-refractivity contribution in [2.45, 2.75) is 6.54 Å². The number of carbonyl (C=O) groups excluding carboxylic acids is 1. The van der Waals surface area contributed by atoms with Crippen LogP contribution in [-0.4, -0.2) is 39.0 Å². The van der Waals surface area contributed by atoms with Gasteiger partial charge in [-0.05, 0) is 5.56 Å². The zero-order valence-corrected chi connectivity index (χ0v) is 10.4. The molecule has 5 heteroatoms. The van der Waals surface area contributed by atoms with Crippen LogP contribution in [-0.2, 0) is 6.54 Å². The van der Waals surface area contributed by atoms with Crippen LogP contribution in [0.1, 0.15) is 15.9 Å². The van der Waals surface area contributed by atoms with Crippen LogP contribution in [0.15, 0.2) is 49.1 Å². The maximum Gasteiger partial charge on any atom is 0.257 e. The van der Waals surface area contributed by atoms with Crippen LogP contribution >= 0.6 is 0 Å². The molecule has 0 atom stereocenters. The standard InChI is InChI=1S/C14H15N3O2/c18-7-6-17(10-12-4-2-1-3-5-12)14(19)13-8-15-11-16-9-13/h1-5,8-9,11,18H,6-7,10H2. The topological polar surface area (TPSA) is 66.3 Å². The summed E-state index contributed by atoms with van der Waals surface area (Å²) in [6.45, 7) is 0.657. The molecule has 0 bridgehead atoms. The van der Waals surface area contributed by atoms with E-state index in [0.717, 1.165) is 5.56 Å². The molecule has 0 unspecified atom stereocenters. The number of aliphatic hydroxyl groups is 1. The molecule has 19 heavy (non-hydrogen) atoms. The van der Waals surface area contributed by atoms with E-state index in [9.17, 15) is 4.79 Å². The molecule has 0 radical (unpaired) electrons. The Bertz CT molecular complexity index is 517. The summed E-state index contributed by atoms with van der Waals surface area (Å²) in [7, 11) is 0. The van der Waals surface area contributed by atoms with Crippen LogP contribution < -0.4 is 0 Å². The molecule has 0 fully saturated rings. The Kier molecular flexibility index (Phi) is 4.58. The predicted octanol–water partition coefficient (Wildman–Crippen LogP) is 1.11. The minimum atomic E-state index is -0.182. The molecule has 1 heterocycles. The van der Waals surface area contributed by atoms with Crippen molar-refractivity contribution in [3.05, 3.63) is 60.2 Å². The highest BCUT2D eigenvalue weighted by atomic mass is 16.3. The lowest BCUT2D eigenvalue weighted by Gasteiger charge is -2.21. The fraction of sp³-hybridized carbons (Fsp3) is 0.214. The first-order valence-electron chi connectivity index (χ1n) is 6.00. The van der Waals surface area contributed by atoms with E-state index in [2.05, 4.69) is 9.97 Å². The van der Waals surface area contributed by atoms with Crippen LogP contribution in [0.4, 0.5) is 0 Å². The lowest BCUT2D eigenvalue weighted by atomic mass is 10.2. The molecule has 1 N–H and O–H groups in total.